The lowest BCUT2D eigenvalue weighted by atomic mass is 9.86. The molecule has 2 amide bonds. The third-order valence-corrected chi connectivity index (χ3v) is 3.58. The standard InChI is InChI=1S/C15H14N4O2/c1-15(2)10-4-3-9(7-11(10)18-14(15)21)13(20)19-12-8-16-5-6-17-12/h3-8H,1-2H3,(H,18,21)(H,17,19,20). The fourth-order valence-electron chi connectivity index (χ4n) is 2.29. The molecule has 2 N–H and O–H groups in total. The Labute approximate surface area is 121 Å². The van der Waals surface area contributed by atoms with Crippen LogP contribution in [0.3, 0.4) is 0 Å². The van der Waals surface area contributed by atoms with Crippen molar-refractivity contribution in [1.82, 2.24) is 9.97 Å². The van der Waals surface area contributed by atoms with Gasteiger partial charge in [0.2, 0.25) is 5.91 Å². The van der Waals surface area contributed by atoms with E-state index in [0.717, 1.165) is 5.56 Å². The number of carbonyl (C=O) groups is 2. The molecule has 0 spiro atoms. The van der Waals surface area contributed by atoms with E-state index in [1.54, 1.807) is 18.2 Å². The zero-order valence-electron chi connectivity index (χ0n) is 11.7. The summed E-state index contributed by atoms with van der Waals surface area (Å²) in [5.74, 6) is 0.0219. The molecular weight excluding hydrogens is 268 g/mol. The van der Waals surface area contributed by atoms with Gasteiger partial charge in [0, 0.05) is 23.6 Å². The summed E-state index contributed by atoms with van der Waals surface area (Å²) in [7, 11) is 0. The number of nitrogens with one attached hydrogen (secondary N) is 2. The normalized spacial score (nSPS) is 15.2. The van der Waals surface area contributed by atoms with Crippen molar-refractivity contribution in [3.63, 3.8) is 0 Å². The Bertz CT molecular complexity index is 726. The van der Waals surface area contributed by atoms with Crippen LogP contribution in [0, 0.1) is 0 Å². The Balaban J connectivity index is 1.87. The van der Waals surface area contributed by atoms with E-state index in [1.807, 2.05) is 13.8 Å². The lowest BCUT2D eigenvalue weighted by Gasteiger charge is -2.14. The minimum atomic E-state index is -0.574. The molecule has 106 valence electrons. The van der Waals surface area contributed by atoms with Crippen LogP contribution in [0.2, 0.25) is 0 Å². The van der Waals surface area contributed by atoms with Crippen LogP contribution in [-0.4, -0.2) is 21.8 Å². The van der Waals surface area contributed by atoms with E-state index in [4.69, 9.17) is 0 Å². The minimum absolute atomic E-state index is 0.0658. The van der Waals surface area contributed by atoms with Crippen LogP contribution >= 0.6 is 0 Å². The highest BCUT2D eigenvalue weighted by molar-refractivity contribution is 6.09. The van der Waals surface area contributed by atoms with Gasteiger partial charge in [0.1, 0.15) is 0 Å². The number of nitrogens with zero attached hydrogens (tertiary/aromatic N) is 2. The first-order valence-electron chi connectivity index (χ1n) is 6.52. The number of fused-ring (bicyclic) bond motifs is 1. The first-order valence-corrected chi connectivity index (χ1v) is 6.52. The second-order valence-electron chi connectivity index (χ2n) is 5.38. The summed E-state index contributed by atoms with van der Waals surface area (Å²) >= 11 is 0. The number of rotatable bonds is 2. The van der Waals surface area contributed by atoms with Gasteiger partial charge in [-0.05, 0) is 31.5 Å². The van der Waals surface area contributed by atoms with E-state index in [0.29, 0.717) is 17.1 Å². The van der Waals surface area contributed by atoms with Gasteiger partial charge in [-0.2, -0.15) is 0 Å². The molecule has 1 aromatic heterocycles. The summed E-state index contributed by atoms with van der Waals surface area (Å²) in [5.41, 5.74) is 1.45. The predicted octanol–water partition coefficient (Wildman–Crippen LogP) is 1.96. The number of aromatic nitrogens is 2. The first-order chi connectivity index (χ1) is 9.98. The number of carbonyl (C=O) groups excluding carboxylic acids is 2. The second kappa shape index (κ2) is 4.66. The first kappa shape index (κ1) is 13.2. The van der Waals surface area contributed by atoms with E-state index >= 15 is 0 Å². The molecule has 2 heterocycles. The van der Waals surface area contributed by atoms with Gasteiger partial charge in [0.25, 0.3) is 5.91 Å². The second-order valence-corrected chi connectivity index (χ2v) is 5.38. The molecule has 6 heteroatoms. The quantitative estimate of drug-likeness (QED) is 0.882. The van der Waals surface area contributed by atoms with E-state index < -0.39 is 5.41 Å². The third-order valence-electron chi connectivity index (χ3n) is 3.58. The number of hydrogen-bond donors (Lipinski definition) is 2. The molecule has 0 saturated heterocycles. The summed E-state index contributed by atoms with van der Waals surface area (Å²) in [5, 5.41) is 5.46. The van der Waals surface area contributed by atoms with Crippen LogP contribution in [-0.2, 0) is 10.2 Å². The molecular formula is C15H14N4O2. The van der Waals surface area contributed by atoms with Crippen molar-refractivity contribution in [2.24, 2.45) is 0 Å². The number of hydrogen-bond acceptors (Lipinski definition) is 4. The molecule has 0 radical (unpaired) electrons. The molecule has 0 fully saturated rings. The van der Waals surface area contributed by atoms with E-state index in [1.165, 1.54) is 18.6 Å². The summed E-state index contributed by atoms with van der Waals surface area (Å²) in [6, 6.07) is 5.18. The van der Waals surface area contributed by atoms with Crippen LogP contribution in [0.25, 0.3) is 0 Å². The maximum absolute atomic E-state index is 12.2. The fraction of sp³-hybridized carbons (Fsp3) is 0.200. The van der Waals surface area contributed by atoms with Gasteiger partial charge < -0.3 is 10.6 Å². The maximum Gasteiger partial charge on any atom is 0.256 e. The minimum Gasteiger partial charge on any atom is -0.325 e. The van der Waals surface area contributed by atoms with Crippen LogP contribution in [0.4, 0.5) is 11.5 Å². The van der Waals surface area contributed by atoms with Crippen molar-refractivity contribution >= 4 is 23.3 Å². The van der Waals surface area contributed by atoms with Crippen molar-refractivity contribution < 1.29 is 9.59 Å². The Hall–Kier alpha value is -2.76. The molecule has 0 atom stereocenters. The highest BCUT2D eigenvalue weighted by Crippen LogP contribution is 2.37. The van der Waals surface area contributed by atoms with E-state index in [9.17, 15) is 9.59 Å². The summed E-state index contributed by atoms with van der Waals surface area (Å²) in [6.07, 6.45) is 4.50. The Morgan fingerprint density at radius 1 is 1.29 bits per heavy atom. The SMILES string of the molecule is CC1(C)C(=O)Nc2cc(C(=O)Nc3cnccn3)ccc21. The van der Waals surface area contributed by atoms with Crippen molar-refractivity contribution in [1.29, 1.82) is 0 Å². The lowest BCUT2D eigenvalue weighted by molar-refractivity contribution is -0.119. The molecule has 0 bridgehead atoms. The van der Waals surface area contributed by atoms with Crippen molar-refractivity contribution in [2.75, 3.05) is 10.6 Å². The lowest BCUT2D eigenvalue weighted by Crippen LogP contribution is -2.26. The highest BCUT2D eigenvalue weighted by atomic mass is 16.2. The third kappa shape index (κ3) is 2.24. The van der Waals surface area contributed by atoms with Crippen LogP contribution in [0.1, 0.15) is 29.8 Å². The zero-order chi connectivity index (χ0) is 15.0. The summed E-state index contributed by atoms with van der Waals surface area (Å²) in [6.45, 7) is 3.71. The van der Waals surface area contributed by atoms with Crippen molar-refractivity contribution in [2.45, 2.75) is 19.3 Å². The molecule has 1 aromatic carbocycles. The maximum atomic E-state index is 12.2. The summed E-state index contributed by atoms with van der Waals surface area (Å²) in [4.78, 5) is 31.9. The van der Waals surface area contributed by atoms with Gasteiger partial charge in [-0.3, -0.25) is 14.6 Å². The summed E-state index contributed by atoms with van der Waals surface area (Å²) < 4.78 is 0. The topological polar surface area (TPSA) is 84.0 Å². The molecule has 2 aromatic rings. The zero-order valence-corrected chi connectivity index (χ0v) is 11.7. The Morgan fingerprint density at radius 2 is 2.10 bits per heavy atom. The average molecular weight is 282 g/mol. The smallest absolute Gasteiger partial charge is 0.256 e. The van der Waals surface area contributed by atoms with E-state index in [-0.39, 0.29) is 11.8 Å². The van der Waals surface area contributed by atoms with Crippen LogP contribution < -0.4 is 10.6 Å². The average Bonchev–Trinajstić information content (AvgIpc) is 2.69. The Morgan fingerprint density at radius 3 is 2.81 bits per heavy atom. The van der Waals surface area contributed by atoms with Gasteiger partial charge in [-0.1, -0.05) is 6.07 Å². The molecule has 1 aliphatic rings. The number of benzene rings is 1. The molecule has 1 aliphatic heterocycles. The number of amides is 2. The molecule has 0 saturated carbocycles. The molecule has 3 rings (SSSR count). The van der Waals surface area contributed by atoms with Crippen molar-refractivity contribution in [3.05, 3.63) is 47.9 Å². The fourth-order valence-corrected chi connectivity index (χ4v) is 2.29. The van der Waals surface area contributed by atoms with Gasteiger partial charge in [-0.15, -0.1) is 0 Å². The molecule has 21 heavy (non-hydrogen) atoms. The number of anilines is 2. The predicted molar refractivity (Wildman–Crippen MR) is 78.1 cm³/mol. The Kier molecular flexibility index (Phi) is 2.94. The van der Waals surface area contributed by atoms with Crippen LogP contribution in [0.15, 0.2) is 36.8 Å². The highest BCUT2D eigenvalue weighted by Gasteiger charge is 2.38. The van der Waals surface area contributed by atoms with Gasteiger partial charge in [0.15, 0.2) is 5.82 Å². The van der Waals surface area contributed by atoms with E-state index in [2.05, 4.69) is 20.6 Å². The van der Waals surface area contributed by atoms with Gasteiger partial charge >= 0.3 is 0 Å². The van der Waals surface area contributed by atoms with Gasteiger partial charge in [-0.25, -0.2) is 4.98 Å². The van der Waals surface area contributed by atoms with Crippen LogP contribution in [0.5, 0.6) is 0 Å². The molecule has 6 nitrogen and oxygen atoms in total. The molecule has 0 aliphatic carbocycles. The van der Waals surface area contributed by atoms with Gasteiger partial charge in [0.05, 0.1) is 11.6 Å². The molecule has 0 unspecified atom stereocenters. The monoisotopic (exact) mass is 282 g/mol. The largest absolute Gasteiger partial charge is 0.325 e. The van der Waals surface area contributed by atoms with Crippen molar-refractivity contribution in [3.8, 4) is 0 Å².